The van der Waals surface area contributed by atoms with Gasteiger partial charge >= 0.3 is 5.97 Å². The van der Waals surface area contributed by atoms with Crippen molar-refractivity contribution in [2.24, 2.45) is 0 Å². The number of amides is 1. The van der Waals surface area contributed by atoms with Gasteiger partial charge in [-0.1, -0.05) is 25.1 Å². The molecule has 0 saturated heterocycles. The minimum Gasteiger partial charge on any atom is -0.480 e. The smallest absolute Gasteiger partial charge is 0.326 e. The van der Waals surface area contributed by atoms with E-state index in [-0.39, 0.29) is 24.1 Å². The van der Waals surface area contributed by atoms with Crippen LogP contribution in [0, 0.1) is 10.1 Å². The van der Waals surface area contributed by atoms with Crippen LogP contribution in [-0.4, -0.2) is 27.9 Å². The molecule has 0 bridgehead atoms. The van der Waals surface area contributed by atoms with Crippen LogP contribution in [0.2, 0.25) is 0 Å². The average molecular weight is 266 g/mol. The number of carbonyl (C=O) groups excluding carboxylic acids is 1. The van der Waals surface area contributed by atoms with Crippen molar-refractivity contribution in [2.75, 3.05) is 0 Å². The quantitative estimate of drug-likeness (QED) is 0.592. The first-order chi connectivity index (χ1) is 8.95. The number of carboxylic acids is 1. The normalized spacial score (nSPS) is 11.6. The molecule has 1 aromatic rings. The van der Waals surface area contributed by atoms with Crippen molar-refractivity contribution in [3.63, 3.8) is 0 Å². The zero-order chi connectivity index (χ0) is 14.4. The second-order valence-electron chi connectivity index (χ2n) is 3.93. The minimum atomic E-state index is -1.13. The molecular weight excluding hydrogens is 252 g/mol. The van der Waals surface area contributed by atoms with Gasteiger partial charge in [0, 0.05) is 11.6 Å². The molecule has 0 aliphatic rings. The third kappa shape index (κ3) is 4.06. The van der Waals surface area contributed by atoms with Gasteiger partial charge < -0.3 is 10.4 Å². The van der Waals surface area contributed by atoms with Gasteiger partial charge in [0.1, 0.15) is 6.04 Å². The summed E-state index contributed by atoms with van der Waals surface area (Å²) in [6.07, 6.45) is 0.0267. The number of nitro benzene ring substituents is 1. The number of carbonyl (C=O) groups is 2. The molecule has 7 heteroatoms. The number of para-hydroxylation sites is 1. The predicted octanol–water partition coefficient (Wildman–Crippen LogP) is 1.12. The molecule has 0 aliphatic heterocycles. The highest BCUT2D eigenvalue weighted by Gasteiger charge is 2.20. The Hall–Kier alpha value is -2.44. The van der Waals surface area contributed by atoms with Crippen molar-refractivity contribution < 1.29 is 19.6 Å². The second-order valence-corrected chi connectivity index (χ2v) is 3.93. The zero-order valence-corrected chi connectivity index (χ0v) is 10.3. The molecule has 0 fully saturated rings. The van der Waals surface area contributed by atoms with E-state index in [1.165, 1.54) is 18.2 Å². The largest absolute Gasteiger partial charge is 0.480 e. The summed E-state index contributed by atoms with van der Waals surface area (Å²) in [5.41, 5.74) is 0.103. The van der Waals surface area contributed by atoms with Gasteiger partial charge in [0.15, 0.2) is 0 Å². The Morgan fingerprint density at radius 3 is 2.58 bits per heavy atom. The van der Waals surface area contributed by atoms with Crippen LogP contribution in [-0.2, 0) is 16.0 Å². The van der Waals surface area contributed by atoms with Crippen LogP contribution in [0.4, 0.5) is 5.69 Å². The Labute approximate surface area is 109 Å². The summed E-state index contributed by atoms with van der Waals surface area (Å²) in [5, 5.41) is 21.9. The van der Waals surface area contributed by atoms with Crippen LogP contribution in [0.1, 0.15) is 18.9 Å². The summed E-state index contributed by atoms with van der Waals surface area (Å²) in [6, 6.07) is 4.89. The summed E-state index contributed by atoms with van der Waals surface area (Å²) in [7, 11) is 0. The number of nitrogens with zero attached hydrogens (tertiary/aromatic N) is 1. The number of carboxylic acid groups (broad SMARTS) is 1. The Balaban J connectivity index is 2.77. The molecular formula is C12H14N2O5. The number of nitrogens with one attached hydrogen (secondary N) is 1. The molecule has 0 radical (unpaired) electrons. The van der Waals surface area contributed by atoms with Gasteiger partial charge in [-0.15, -0.1) is 0 Å². The maximum atomic E-state index is 11.7. The molecule has 102 valence electrons. The topological polar surface area (TPSA) is 110 Å². The fourth-order valence-electron chi connectivity index (χ4n) is 1.60. The lowest BCUT2D eigenvalue weighted by molar-refractivity contribution is -0.385. The summed E-state index contributed by atoms with van der Waals surface area (Å²) in [6.45, 7) is 1.63. The van der Waals surface area contributed by atoms with E-state index in [0.29, 0.717) is 0 Å². The van der Waals surface area contributed by atoms with Crippen molar-refractivity contribution >= 4 is 17.6 Å². The number of hydrogen-bond donors (Lipinski definition) is 2. The maximum Gasteiger partial charge on any atom is 0.326 e. The van der Waals surface area contributed by atoms with Crippen LogP contribution in [0.25, 0.3) is 0 Å². The highest BCUT2D eigenvalue weighted by molar-refractivity contribution is 5.85. The first-order valence-corrected chi connectivity index (χ1v) is 5.70. The lowest BCUT2D eigenvalue weighted by Crippen LogP contribution is -2.41. The van der Waals surface area contributed by atoms with Crippen LogP contribution in [0.15, 0.2) is 24.3 Å². The lowest BCUT2D eigenvalue weighted by atomic mass is 10.1. The fraction of sp³-hybridized carbons (Fsp3) is 0.333. The highest BCUT2D eigenvalue weighted by atomic mass is 16.6. The molecule has 0 spiro atoms. The monoisotopic (exact) mass is 266 g/mol. The third-order valence-corrected chi connectivity index (χ3v) is 2.58. The maximum absolute atomic E-state index is 11.7. The van der Waals surface area contributed by atoms with Crippen molar-refractivity contribution in [1.29, 1.82) is 0 Å². The number of nitro groups is 1. The summed E-state index contributed by atoms with van der Waals surface area (Å²) < 4.78 is 0. The number of hydrogen-bond acceptors (Lipinski definition) is 4. The van der Waals surface area contributed by atoms with Crippen molar-refractivity contribution in [3.05, 3.63) is 39.9 Å². The molecule has 1 aromatic carbocycles. The molecule has 19 heavy (non-hydrogen) atoms. The fourth-order valence-corrected chi connectivity index (χ4v) is 1.60. The summed E-state index contributed by atoms with van der Waals surface area (Å²) in [4.78, 5) is 32.6. The first kappa shape index (κ1) is 14.6. The van der Waals surface area contributed by atoms with E-state index in [4.69, 9.17) is 5.11 Å². The van der Waals surface area contributed by atoms with Crippen molar-refractivity contribution in [3.8, 4) is 0 Å². The molecule has 1 amide bonds. The molecule has 1 rings (SSSR count). The molecule has 0 aromatic heterocycles. The minimum absolute atomic E-state index is 0.152. The Kier molecular flexibility index (Phi) is 4.99. The van der Waals surface area contributed by atoms with Crippen LogP contribution < -0.4 is 5.32 Å². The van der Waals surface area contributed by atoms with E-state index < -0.39 is 22.8 Å². The first-order valence-electron chi connectivity index (χ1n) is 5.70. The van der Waals surface area contributed by atoms with Gasteiger partial charge in [0.25, 0.3) is 5.69 Å². The third-order valence-electron chi connectivity index (χ3n) is 2.58. The van der Waals surface area contributed by atoms with Gasteiger partial charge in [-0.2, -0.15) is 0 Å². The molecule has 0 saturated carbocycles. The Morgan fingerprint density at radius 1 is 1.42 bits per heavy atom. The molecule has 7 nitrogen and oxygen atoms in total. The lowest BCUT2D eigenvalue weighted by Gasteiger charge is -2.12. The SMILES string of the molecule is CCC(NC(=O)Cc1ccccc1[N+](=O)[O-])C(=O)O. The molecule has 0 heterocycles. The van der Waals surface area contributed by atoms with E-state index >= 15 is 0 Å². The van der Waals surface area contributed by atoms with E-state index in [1.54, 1.807) is 13.0 Å². The van der Waals surface area contributed by atoms with Gasteiger partial charge in [-0.3, -0.25) is 14.9 Å². The molecule has 1 atom stereocenters. The van der Waals surface area contributed by atoms with Gasteiger partial charge in [-0.05, 0) is 6.42 Å². The van der Waals surface area contributed by atoms with E-state index in [1.807, 2.05) is 0 Å². The van der Waals surface area contributed by atoms with E-state index in [0.717, 1.165) is 0 Å². The number of aliphatic carboxylic acids is 1. The van der Waals surface area contributed by atoms with Crippen LogP contribution in [0.3, 0.4) is 0 Å². The Bertz CT molecular complexity index is 501. The molecule has 1 unspecified atom stereocenters. The molecule has 2 N–H and O–H groups in total. The zero-order valence-electron chi connectivity index (χ0n) is 10.3. The van der Waals surface area contributed by atoms with Crippen LogP contribution in [0.5, 0.6) is 0 Å². The number of rotatable bonds is 6. The van der Waals surface area contributed by atoms with Crippen molar-refractivity contribution in [2.45, 2.75) is 25.8 Å². The number of benzene rings is 1. The standard InChI is InChI=1S/C12H14N2O5/c1-2-9(12(16)17)13-11(15)7-8-5-3-4-6-10(8)14(18)19/h3-6,9H,2,7H2,1H3,(H,13,15)(H,16,17). The second kappa shape index (κ2) is 6.48. The van der Waals surface area contributed by atoms with E-state index in [2.05, 4.69) is 5.32 Å². The molecule has 0 aliphatic carbocycles. The predicted molar refractivity (Wildman–Crippen MR) is 66.7 cm³/mol. The Morgan fingerprint density at radius 2 is 2.05 bits per heavy atom. The highest BCUT2D eigenvalue weighted by Crippen LogP contribution is 2.18. The van der Waals surface area contributed by atoms with Gasteiger partial charge in [-0.25, -0.2) is 4.79 Å². The van der Waals surface area contributed by atoms with Gasteiger partial charge in [0.05, 0.1) is 11.3 Å². The van der Waals surface area contributed by atoms with Crippen molar-refractivity contribution in [1.82, 2.24) is 5.32 Å². The van der Waals surface area contributed by atoms with Crippen LogP contribution >= 0.6 is 0 Å². The van der Waals surface area contributed by atoms with E-state index in [9.17, 15) is 19.7 Å². The van der Waals surface area contributed by atoms with Gasteiger partial charge in [0.2, 0.25) is 5.91 Å². The summed E-state index contributed by atoms with van der Waals surface area (Å²) in [5.74, 6) is -1.68. The average Bonchev–Trinajstić information content (AvgIpc) is 2.35. The summed E-state index contributed by atoms with van der Waals surface area (Å²) >= 11 is 0.